The smallest absolute Gasteiger partial charge is 0.0705 e. The molecule has 0 saturated carbocycles. The van der Waals surface area contributed by atoms with Gasteiger partial charge < -0.3 is 0 Å². The van der Waals surface area contributed by atoms with Gasteiger partial charge in [-0.3, -0.25) is 4.98 Å². The number of fused-ring (bicyclic) bond motifs is 1. The molecule has 2 aromatic rings. The highest BCUT2D eigenvalue weighted by atomic mass is 79.9. The summed E-state index contributed by atoms with van der Waals surface area (Å²) in [4.78, 5) is 5.15. The first-order valence-electron chi connectivity index (χ1n) is 6.19. The van der Waals surface area contributed by atoms with Crippen molar-refractivity contribution >= 4 is 26.8 Å². The Labute approximate surface area is 111 Å². The Balaban J connectivity index is 2.17. The third-order valence-electron chi connectivity index (χ3n) is 3.08. The minimum Gasteiger partial charge on any atom is -0.253 e. The lowest BCUT2D eigenvalue weighted by Crippen LogP contribution is -1.98. The molecular weight excluding hydrogens is 274 g/mol. The van der Waals surface area contributed by atoms with Gasteiger partial charge in [0.1, 0.15) is 0 Å². The highest BCUT2D eigenvalue weighted by molar-refractivity contribution is 9.09. The standard InChI is InChI=1S/C15H18BrN/c1-3-14(16)8-5-12-6-9-15-13(10-12)7-4-11(2)17-15/h4,6-7,9-10,14H,3,5,8H2,1-2H3. The van der Waals surface area contributed by atoms with Crippen LogP contribution in [0.15, 0.2) is 30.3 Å². The molecule has 2 rings (SSSR count). The van der Waals surface area contributed by atoms with Gasteiger partial charge in [-0.15, -0.1) is 0 Å². The van der Waals surface area contributed by atoms with E-state index in [0.717, 1.165) is 17.6 Å². The second-order valence-electron chi connectivity index (χ2n) is 4.52. The van der Waals surface area contributed by atoms with Crippen molar-refractivity contribution in [3.05, 3.63) is 41.6 Å². The number of alkyl halides is 1. The summed E-state index contributed by atoms with van der Waals surface area (Å²) >= 11 is 3.68. The van der Waals surface area contributed by atoms with Gasteiger partial charge in [-0.1, -0.05) is 35.0 Å². The van der Waals surface area contributed by atoms with E-state index in [2.05, 4.69) is 58.2 Å². The van der Waals surface area contributed by atoms with Crippen molar-refractivity contribution in [2.75, 3.05) is 0 Å². The van der Waals surface area contributed by atoms with Crippen LogP contribution in [0.3, 0.4) is 0 Å². The van der Waals surface area contributed by atoms with E-state index in [4.69, 9.17) is 0 Å². The second-order valence-corrected chi connectivity index (χ2v) is 5.82. The monoisotopic (exact) mass is 291 g/mol. The molecule has 0 aliphatic heterocycles. The number of benzene rings is 1. The van der Waals surface area contributed by atoms with Gasteiger partial charge in [0.05, 0.1) is 5.52 Å². The molecule has 0 N–H and O–H groups in total. The van der Waals surface area contributed by atoms with Crippen LogP contribution in [-0.2, 0) is 6.42 Å². The normalized spacial score (nSPS) is 12.9. The molecule has 0 saturated heterocycles. The van der Waals surface area contributed by atoms with Gasteiger partial charge in [0.15, 0.2) is 0 Å². The highest BCUT2D eigenvalue weighted by Gasteiger charge is 2.03. The van der Waals surface area contributed by atoms with Crippen molar-refractivity contribution in [2.24, 2.45) is 0 Å². The fraction of sp³-hybridized carbons (Fsp3) is 0.400. The predicted octanol–water partition coefficient (Wildman–Crippen LogP) is 4.65. The molecule has 17 heavy (non-hydrogen) atoms. The van der Waals surface area contributed by atoms with E-state index < -0.39 is 0 Å². The average Bonchev–Trinajstić information content (AvgIpc) is 2.35. The number of hydrogen-bond donors (Lipinski definition) is 0. The van der Waals surface area contributed by atoms with Gasteiger partial charge in [-0.2, -0.15) is 0 Å². The van der Waals surface area contributed by atoms with Crippen molar-refractivity contribution < 1.29 is 0 Å². The summed E-state index contributed by atoms with van der Waals surface area (Å²) in [6.45, 7) is 4.25. The van der Waals surface area contributed by atoms with Crippen molar-refractivity contribution in [2.45, 2.75) is 37.9 Å². The molecule has 1 aromatic heterocycles. The van der Waals surface area contributed by atoms with Gasteiger partial charge in [0.25, 0.3) is 0 Å². The molecule has 0 amide bonds. The maximum Gasteiger partial charge on any atom is 0.0705 e. The van der Waals surface area contributed by atoms with Gasteiger partial charge in [-0.25, -0.2) is 0 Å². The van der Waals surface area contributed by atoms with Crippen LogP contribution in [0.25, 0.3) is 10.9 Å². The van der Waals surface area contributed by atoms with E-state index in [9.17, 15) is 0 Å². The van der Waals surface area contributed by atoms with E-state index in [1.54, 1.807) is 0 Å². The molecule has 0 aliphatic rings. The molecule has 1 aromatic carbocycles. The number of pyridine rings is 1. The average molecular weight is 292 g/mol. The Morgan fingerprint density at radius 3 is 2.82 bits per heavy atom. The Kier molecular flexibility index (Phi) is 4.16. The van der Waals surface area contributed by atoms with Crippen LogP contribution in [-0.4, -0.2) is 9.81 Å². The fourth-order valence-corrected chi connectivity index (χ4v) is 2.19. The zero-order valence-electron chi connectivity index (χ0n) is 10.4. The molecular formula is C15H18BrN. The molecule has 2 heteroatoms. The topological polar surface area (TPSA) is 12.9 Å². The lowest BCUT2D eigenvalue weighted by Gasteiger charge is -2.07. The van der Waals surface area contributed by atoms with Crippen molar-refractivity contribution in [3.63, 3.8) is 0 Å². The number of nitrogens with zero attached hydrogens (tertiary/aromatic N) is 1. The Hall–Kier alpha value is -0.890. The molecule has 0 aliphatic carbocycles. The van der Waals surface area contributed by atoms with Crippen molar-refractivity contribution in [3.8, 4) is 0 Å². The summed E-state index contributed by atoms with van der Waals surface area (Å²) in [5.74, 6) is 0. The first-order chi connectivity index (χ1) is 8.19. The van der Waals surface area contributed by atoms with Crippen LogP contribution in [0.4, 0.5) is 0 Å². The second kappa shape index (κ2) is 5.63. The first kappa shape index (κ1) is 12.6. The summed E-state index contributed by atoms with van der Waals surface area (Å²) < 4.78 is 0. The highest BCUT2D eigenvalue weighted by Crippen LogP contribution is 2.18. The number of aryl methyl sites for hydroxylation is 2. The quantitative estimate of drug-likeness (QED) is 0.747. The summed E-state index contributed by atoms with van der Waals surface area (Å²) in [5, 5.41) is 1.25. The van der Waals surface area contributed by atoms with E-state index in [1.165, 1.54) is 23.8 Å². The molecule has 0 radical (unpaired) electrons. The minimum absolute atomic E-state index is 0.634. The van der Waals surface area contributed by atoms with E-state index in [-0.39, 0.29) is 0 Å². The predicted molar refractivity (Wildman–Crippen MR) is 77.8 cm³/mol. The van der Waals surface area contributed by atoms with Crippen molar-refractivity contribution in [1.82, 2.24) is 4.98 Å². The number of hydrogen-bond acceptors (Lipinski definition) is 1. The molecule has 1 atom stereocenters. The molecule has 90 valence electrons. The number of rotatable bonds is 4. The van der Waals surface area contributed by atoms with Gasteiger partial charge in [0, 0.05) is 15.9 Å². The largest absolute Gasteiger partial charge is 0.253 e. The Morgan fingerprint density at radius 2 is 2.06 bits per heavy atom. The lowest BCUT2D eigenvalue weighted by molar-refractivity contribution is 0.747. The zero-order chi connectivity index (χ0) is 12.3. The number of aromatic nitrogens is 1. The maximum atomic E-state index is 4.52. The summed E-state index contributed by atoms with van der Waals surface area (Å²) in [5.41, 5.74) is 3.58. The fourth-order valence-electron chi connectivity index (χ4n) is 1.96. The van der Waals surface area contributed by atoms with Crippen molar-refractivity contribution in [1.29, 1.82) is 0 Å². The van der Waals surface area contributed by atoms with Gasteiger partial charge in [-0.05, 0) is 49.9 Å². The Bertz CT molecular complexity index is 507. The van der Waals surface area contributed by atoms with Crippen LogP contribution < -0.4 is 0 Å². The molecule has 1 nitrogen and oxygen atoms in total. The van der Waals surface area contributed by atoms with Crippen LogP contribution in [0.1, 0.15) is 31.0 Å². The summed E-state index contributed by atoms with van der Waals surface area (Å²) in [6.07, 6.45) is 3.52. The van der Waals surface area contributed by atoms with E-state index >= 15 is 0 Å². The summed E-state index contributed by atoms with van der Waals surface area (Å²) in [6, 6.07) is 10.8. The molecule has 1 heterocycles. The first-order valence-corrected chi connectivity index (χ1v) is 7.11. The molecule has 1 unspecified atom stereocenters. The SMILES string of the molecule is CCC(Br)CCc1ccc2nc(C)ccc2c1. The Morgan fingerprint density at radius 1 is 1.24 bits per heavy atom. The molecule has 0 fully saturated rings. The van der Waals surface area contributed by atoms with E-state index in [0.29, 0.717) is 4.83 Å². The molecule has 0 bridgehead atoms. The van der Waals surface area contributed by atoms with Crippen LogP contribution in [0, 0.1) is 6.92 Å². The van der Waals surface area contributed by atoms with Crippen LogP contribution in [0.5, 0.6) is 0 Å². The van der Waals surface area contributed by atoms with Gasteiger partial charge >= 0.3 is 0 Å². The maximum absolute atomic E-state index is 4.52. The van der Waals surface area contributed by atoms with Crippen LogP contribution >= 0.6 is 15.9 Å². The zero-order valence-corrected chi connectivity index (χ0v) is 12.0. The summed E-state index contributed by atoms with van der Waals surface area (Å²) in [7, 11) is 0. The third kappa shape index (κ3) is 3.29. The van der Waals surface area contributed by atoms with Crippen LogP contribution in [0.2, 0.25) is 0 Å². The van der Waals surface area contributed by atoms with Gasteiger partial charge in [0.2, 0.25) is 0 Å². The minimum atomic E-state index is 0.634. The number of halogens is 1. The third-order valence-corrected chi connectivity index (χ3v) is 4.19. The molecule has 0 spiro atoms. The lowest BCUT2D eigenvalue weighted by atomic mass is 10.0. The van der Waals surface area contributed by atoms with E-state index in [1.807, 2.05) is 6.92 Å².